The third kappa shape index (κ3) is 2.76. The molecule has 0 spiro atoms. The highest BCUT2D eigenvalue weighted by Gasteiger charge is 2.38. The van der Waals surface area contributed by atoms with Gasteiger partial charge in [-0.05, 0) is 55.0 Å². The molecule has 2 aromatic rings. The minimum atomic E-state index is -1.04. The maximum absolute atomic E-state index is 12.8. The number of benzene rings is 1. The van der Waals surface area contributed by atoms with E-state index in [-0.39, 0.29) is 5.91 Å². The molecular weight excluding hydrogens is 306 g/mol. The summed E-state index contributed by atoms with van der Waals surface area (Å²) >= 11 is 5.86. The zero-order chi connectivity index (χ0) is 15.7. The van der Waals surface area contributed by atoms with Crippen LogP contribution >= 0.6 is 11.6 Å². The van der Waals surface area contributed by atoms with E-state index in [1.54, 1.807) is 47.7 Å². The van der Waals surface area contributed by atoms with E-state index in [1.165, 1.54) is 0 Å². The summed E-state index contributed by atoms with van der Waals surface area (Å²) in [7, 11) is 0. The number of nitrogens with zero attached hydrogens (tertiary/aromatic N) is 5. The highest BCUT2D eigenvalue weighted by Crippen LogP contribution is 2.25. The summed E-state index contributed by atoms with van der Waals surface area (Å²) in [5, 5.41) is 12.0. The van der Waals surface area contributed by atoms with Gasteiger partial charge in [-0.25, -0.2) is 4.68 Å². The van der Waals surface area contributed by atoms with Gasteiger partial charge in [0.05, 0.1) is 0 Å². The number of ether oxygens (including phenoxy) is 1. The van der Waals surface area contributed by atoms with Crippen LogP contribution in [0, 0.1) is 0 Å². The van der Waals surface area contributed by atoms with E-state index in [9.17, 15) is 4.79 Å². The maximum atomic E-state index is 12.8. The van der Waals surface area contributed by atoms with Crippen molar-refractivity contribution in [3.8, 4) is 5.75 Å². The first-order valence-electron chi connectivity index (χ1n) is 7.00. The van der Waals surface area contributed by atoms with Crippen LogP contribution in [-0.2, 0) is 11.3 Å². The van der Waals surface area contributed by atoms with E-state index in [0.29, 0.717) is 29.8 Å². The van der Waals surface area contributed by atoms with Gasteiger partial charge < -0.3 is 4.74 Å². The summed E-state index contributed by atoms with van der Waals surface area (Å²) in [6, 6.07) is 6.91. The van der Waals surface area contributed by atoms with Crippen LogP contribution in [-0.4, -0.2) is 38.3 Å². The summed E-state index contributed by atoms with van der Waals surface area (Å²) in [6.07, 6.45) is 0.806. The van der Waals surface area contributed by atoms with Gasteiger partial charge in [0.1, 0.15) is 5.75 Å². The third-order valence-corrected chi connectivity index (χ3v) is 3.70. The Morgan fingerprint density at radius 2 is 2.00 bits per heavy atom. The summed E-state index contributed by atoms with van der Waals surface area (Å²) in [6.45, 7) is 4.75. The molecule has 3 rings (SSSR count). The molecule has 116 valence electrons. The van der Waals surface area contributed by atoms with E-state index in [1.807, 2.05) is 0 Å². The number of tetrazole rings is 1. The number of aryl methyl sites for hydroxylation is 1. The Morgan fingerprint density at radius 3 is 2.73 bits per heavy atom. The van der Waals surface area contributed by atoms with E-state index in [2.05, 4.69) is 15.5 Å². The van der Waals surface area contributed by atoms with Crippen molar-refractivity contribution in [2.24, 2.45) is 0 Å². The van der Waals surface area contributed by atoms with Crippen LogP contribution in [0.1, 0.15) is 20.3 Å². The largest absolute Gasteiger partial charge is 0.478 e. The number of rotatable bonds is 3. The van der Waals surface area contributed by atoms with E-state index in [0.717, 1.165) is 6.42 Å². The second-order valence-electron chi connectivity index (χ2n) is 5.58. The zero-order valence-electron chi connectivity index (χ0n) is 12.4. The van der Waals surface area contributed by atoms with Crippen molar-refractivity contribution in [2.75, 3.05) is 11.4 Å². The van der Waals surface area contributed by atoms with Gasteiger partial charge in [-0.1, -0.05) is 16.7 Å². The Labute approximate surface area is 132 Å². The summed E-state index contributed by atoms with van der Waals surface area (Å²) in [5.41, 5.74) is -1.04. The molecule has 0 aliphatic carbocycles. The Kier molecular flexibility index (Phi) is 3.74. The van der Waals surface area contributed by atoms with E-state index >= 15 is 0 Å². The average Bonchev–Trinajstić information content (AvgIpc) is 2.97. The molecule has 1 aliphatic rings. The fraction of sp³-hybridized carbons (Fsp3) is 0.429. The van der Waals surface area contributed by atoms with Crippen LogP contribution in [0.4, 0.5) is 5.95 Å². The standard InChI is InChI=1S/C14H16ClN5O2/c1-14(2,22-11-6-4-10(15)5-7-11)12(21)19-8-3-9-20-13(19)16-17-18-20/h4-7H,3,8-9H2,1-2H3. The first-order valence-corrected chi connectivity index (χ1v) is 7.38. The van der Waals surface area contributed by atoms with Crippen LogP contribution in [0.3, 0.4) is 0 Å². The third-order valence-electron chi connectivity index (χ3n) is 3.45. The van der Waals surface area contributed by atoms with Crippen molar-refractivity contribution < 1.29 is 9.53 Å². The van der Waals surface area contributed by atoms with Crippen molar-refractivity contribution in [2.45, 2.75) is 32.4 Å². The van der Waals surface area contributed by atoms with Gasteiger partial charge in [0.15, 0.2) is 5.60 Å². The lowest BCUT2D eigenvalue weighted by atomic mass is 10.1. The molecule has 0 unspecified atom stereocenters. The molecule has 0 saturated heterocycles. The molecule has 0 saturated carbocycles. The van der Waals surface area contributed by atoms with Gasteiger partial charge in [-0.15, -0.1) is 0 Å². The second kappa shape index (κ2) is 5.57. The number of carbonyl (C=O) groups is 1. The number of fused-ring (bicyclic) bond motifs is 1. The number of hydrogen-bond donors (Lipinski definition) is 0. The van der Waals surface area contributed by atoms with Crippen molar-refractivity contribution in [3.05, 3.63) is 29.3 Å². The first-order chi connectivity index (χ1) is 10.5. The molecule has 7 nitrogen and oxygen atoms in total. The molecule has 0 fully saturated rings. The smallest absolute Gasteiger partial charge is 0.272 e. The minimum absolute atomic E-state index is 0.182. The van der Waals surface area contributed by atoms with Crippen LogP contribution in [0.5, 0.6) is 5.75 Å². The van der Waals surface area contributed by atoms with Crippen LogP contribution in [0.15, 0.2) is 24.3 Å². The molecule has 22 heavy (non-hydrogen) atoms. The first kappa shape index (κ1) is 14.8. The van der Waals surface area contributed by atoms with Gasteiger partial charge >= 0.3 is 0 Å². The molecule has 0 bridgehead atoms. The fourth-order valence-corrected chi connectivity index (χ4v) is 2.50. The number of halogens is 1. The second-order valence-corrected chi connectivity index (χ2v) is 6.02. The Hall–Kier alpha value is -2.15. The van der Waals surface area contributed by atoms with Crippen molar-refractivity contribution in [1.82, 2.24) is 20.2 Å². The monoisotopic (exact) mass is 321 g/mol. The summed E-state index contributed by atoms with van der Waals surface area (Å²) in [4.78, 5) is 14.4. The SMILES string of the molecule is CC(C)(Oc1ccc(Cl)cc1)C(=O)N1CCCn2nnnc21. The summed E-state index contributed by atoms with van der Waals surface area (Å²) in [5.74, 6) is 0.863. The Morgan fingerprint density at radius 1 is 1.27 bits per heavy atom. The fourth-order valence-electron chi connectivity index (χ4n) is 2.37. The van der Waals surface area contributed by atoms with Gasteiger partial charge in [-0.2, -0.15) is 0 Å². The predicted molar refractivity (Wildman–Crippen MR) is 80.9 cm³/mol. The van der Waals surface area contributed by atoms with Crippen LogP contribution in [0.2, 0.25) is 5.02 Å². The highest BCUT2D eigenvalue weighted by molar-refractivity contribution is 6.30. The molecule has 0 N–H and O–H groups in total. The van der Waals surface area contributed by atoms with Gasteiger partial charge in [0, 0.05) is 18.1 Å². The molecule has 0 atom stereocenters. The minimum Gasteiger partial charge on any atom is -0.478 e. The van der Waals surface area contributed by atoms with Gasteiger partial charge in [0.2, 0.25) is 0 Å². The molecule has 2 heterocycles. The van der Waals surface area contributed by atoms with E-state index < -0.39 is 5.60 Å². The lowest BCUT2D eigenvalue weighted by molar-refractivity contribution is -0.131. The number of aromatic nitrogens is 4. The van der Waals surface area contributed by atoms with Crippen molar-refractivity contribution >= 4 is 23.5 Å². The normalized spacial score (nSPS) is 14.6. The molecule has 8 heteroatoms. The van der Waals surface area contributed by atoms with Crippen LogP contribution < -0.4 is 9.64 Å². The lowest BCUT2D eigenvalue weighted by Crippen LogP contribution is -2.51. The number of amides is 1. The number of anilines is 1. The molecule has 1 aliphatic heterocycles. The summed E-state index contributed by atoms with van der Waals surface area (Å²) < 4.78 is 7.46. The topological polar surface area (TPSA) is 73.1 Å². The van der Waals surface area contributed by atoms with Gasteiger partial charge in [0.25, 0.3) is 11.9 Å². The lowest BCUT2D eigenvalue weighted by Gasteiger charge is -2.33. The average molecular weight is 322 g/mol. The molecule has 1 amide bonds. The highest BCUT2D eigenvalue weighted by atomic mass is 35.5. The van der Waals surface area contributed by atoms with Crippen molar-refractivity contribution in [1.29, 1.82) is 0 Å². The van der Waals surface area contributed by atoms with Crippen molar-refractivity contribution in [3.63, 3.8) is 0 Å². The predicted octanol–water partition coefficient (Wildman–Crippen LogP) is 1.92. The van der Waals surface area contributed by atoms with Gasteiger partial charge in [-0.3, -0.25) is 9.69 Å². The molecule has 1 aromatic carbocycles. The molecule has 1 aromatic heterocycles. The maximum Gasteiger partial charge on any atom is 0.272 e. The molecular formula is C14H16ClN5O2. The molecule has 0 radical (unpaired) electrons. The van der Waals surface area contributed by atoms with E-state index in [4.69, 9.17) is 16.3 Å². The Bertz CT molecular complexity index is 683. The number of carbonyl (C=O) groups excluding carboxylic acids is 1. The zero-order valence-corrected chi connectivity index (χ0v) is 13.1. The number of hydrogen-bond acceptors (Lipinski definition) is 5. The Balaban J connectivity index is 1.80. The quantitative estimate of drug-likeness (QED) is 0.863. The van der Waals surface area contributed by atoms with Crippen LogP contribution in [0.25, 0.3) is 0 Å².